The third-order valence-electron chi connectivity index (χ3n) is 4.98. The lowest BCUT2D eigenvalue weighted by atomic mass is 10.0. The molecule has 2 aromatic rings. The van der Waals surface area contributed by atoms with Crippen molar-refractivity contribution < 1.29 is 14.0 Å². The number of hydrogen-bond donors (Lipinski definition) is 2. The van der Waals surface area contributed by atoms with Gasteiger partial charge in [0.1, 0.15) is 11.6 Å². The Balaban J connectivity index is 1.76. The van der Waals surface area contributed by atoms with Gasteiger partial charge in [-0.3, -0.25) is 14.6 Å². The number of carbonyl (C=O) groups is 2. The van der Waals surface area contributed by atoms with Gasteiger partial charge in [0.2, 0.25) is 11.8 Å². The molecule has 0 unspecified atom stereocenters. The molecule has 1 fully saturated rings. The standard InChI is InChI=1S/C19H24FN5O3/c1-12(2)15-11-24(18(27)9-16-21-19(28)23-22-16)8-7-17(26)25(15)10-13-3-5-14(20)6-4-13/h3-6,12,15H,7-11H2,1-2H3,(H2,21,22,23,28)/t15-/m1/s1. The predicted molar refractivity (Wildman–Crippen MR) is 99.7 cm³/mol. The van der Waals surface area contributed by atoms with Crippen molar-refractivity contribution in [3.05, 3.63) is 52.0 Å². The third-order valence-corrected chi connectivity index (χ3v) is 4.98. The van der Waals surface area contributed by atoms with Crippen molar-refractivity contribution in [2.24, 2.45) is 5.92 Å². The Morgan fingerprint density at radius 3 is 2.61 bits per heavy atom. The Hall–Kier alpha value is -2.97. The summed E-state index contributed by atoms with van der Waals surface area (Å²) in [5.41, 5.74) is 0.383. The number of nitrogens with one attached hydrogen (secondary N) is 2. The molecule has 0 bridgehead atoms. The second-order valence-corrected chi connectivity index (χ2v) is 7.35. The summed E-state index contributed by atoms with van der Waals surface area (Å²) in [6.07, 6.45) is 0.183. The molecule has 2 N–H and O–H groups in total. The summed E-state index contributed by atoms with van der Waals surface area (Å²) in [6, 6.07) is 5.93. The van der Waals surface area contributed by atoms with Crippen molar-refractivity contribution in [3.8, 4) is 0 Å². The minimum Gasteiger partial charge on any atom is -0.340 e. The summed E-state index contributed by atoms with van der Waals surface area (Å²) in [5.74, 6) is -0.145. The van der Waals surface area contributed by atoms with Crippen LogP contribution >= 0.6 is 0 Å². The topological polar surface area (TPSA) is 102 Å². The molecular formula is C19H24FN5O3. The van der Waals surface area contributed by atoms with Gasteiger partial charge in [-0.2, -0.15) is 5.10 Å². The highest BCUT2D eigenvalue weighted by Gasteiger charge is 2.33. The first-order chi connectivity index (χ1) is 13.3. The maximum atomic E-state index is 13.2. The van der Waals surface area contributed by atoms with Crippen LogP contribution in [-0.2, 0) is 22.6 Å². The summed E-state index contributed by atoms with van der Waals surface area (Å²) in [4.78, 5) is 42.5. The number of aromatic nitrogens is 3. The van der Waals surface area contributed by atoms with Crippen LogP contribution in [0.4, 0.5) is 4.39 Å². The van der Waals surface area contributed by atoms with E-state index in [-0.39, 0.29) is 48.3 Å². The van der Waals surface area contributed by atoms with E-state index in [1.807, 2.05) is 13.8 Å². The van der Waals surface area contributed by atoms with Gasteiger partial charge in [0.05, 0.1) is 12.5 Å². The summed E-state index contributed by atoms with van der Waals surface area (Å²) < 4.78 is 13.2. The van der Waals surface area contributed by atoms with Crippen LogP contribution in [0, 0.1) is 11.7 Å². The highest BCUT2D eigenvalue weighted by Crippen LogP contribution is 2.21. The lowest BCUT2D eigenvalue weighted by Crippen LogP contribution is -2.47. The van der Waals surface area contributed by atoms with E-state index < -0.39 is 5.69 Å². The fourth-order valence-corrected chi connectivity index (χ4v) is 3.41. The van der Waals surface area contributed by atoms with E-state index >= 15 is 0 Å². The zero-order valence-electron chi connectivity index (χ0n) is 15.9. The summed E-state index contributed by atoms with van der Waals surface area (Å²) in [7, 11) is 0. The largest absolute Gasteiger partial charge is 0.340 e. The van der Waals surface area contributed by atoms with Gasteiger partial charge in [0.25, 0.3) is 0 Å². The molecule has 3 rings (SSSR count). The lowest BCUT2D eigenvalue weighted by molar-refractivity contribution is -0.134. The first-order valence-electron chi connectivity index (χ1n) is 9.28. The van der Waals surface area contributed by atoms with Gasteiger partial charge in [-0.1, -0.05) is 26.0 Å². The van der Waals surface area contributed by atoms with E-state index in [4.69, 9.17) is 0 Å². The molecule has 28 heavy (non-hydrogen) atoms. The SMILES string of the molecule is CC(C)[C@H]1CN(C(=O)Cc2n[nH]c(=O)[nH]2)CCC(=O)N1Cc1ccc(F)cc1. The summed E-state index contributed by atoms with van der Waals surface area (Å²) in [6.45, 7) is 5.10. The molecule has 1 aromatic heterocycles. The minimum absolute atomic E-state index is 0.0320. The monoisotopic (exact) mass is 389 g/mol. The maximum Gasteiger partial charge on any atom is 0.340 e. The number of hydrogen-bond acceptors (Lipinski definition) is 4. The molecule has 2 amide bonds. The summed E-state index contributed by atoms with van der Waals surface area (Å²) in [5, 5.41) is 6.01. The van der Waals surface area contributed by atoms with Crippen LogP contribution in [0.3, 0.4) is 0 Å². The van der Waals surface area contributed by atoms with Crippen LogP contribution in [0.25, 0.3) is 0 Å². The van der Waals surface area contributed by atoms with E-state index in [2.05, 4.69) is 15.2 Å². The molecule has 1 atom stereocenters. The molecule has 9 heteroatoms. The fraction of sp³-hybridized carbons (Fsp3) is 0.474. The van der Waals surface area contributed by atoms with E-state index in [1.165, 1.54) is 12.1 Å². The van der Waals surface area contributed by atoms with Crippen LogP contribution < -0.4 is 5.69 Å². The molecule has 1 aliphatic heterocycles. The maximum absolute atomic E-state index is 13.2. The van der Waals surface area contributed by atoms with Crippen molar-refractivity contribution >= 4 is 11.8 Å². The van der Waals surface area contributed by atoms with Crippen LogP contribution in [0.15, 0.2) is 29.1 Å². The molecule has 1 saturated heterocycles. The second kappa shape index (κ2) is 8.37. The zero-order chi connectivity index (χ0) is 20.3. The fourth-order valence-electron chi connectivity index (χ4n) is 3.41. The minimum atomic E-state index is -0.459. The van der Waals surface area contributed by atoms with Crippen molar-refractivity contribution in [1.29, 1.82) is 0 Å². The number of amides is 2. The normalized spacial score (nSPS) is 17.9. The van der Waals surface area contributed by atoms with Crippen molar-refractivity contribution in [2.75, 3.05) is 13.1 Å². The number of benzene rings is 1. The zero-order valence-corrected chi connectivity index (χ0v) is 15.9. The molecule has 0 saturated carbocycles. The average molecular weight is 389 g/mol. The van der Waals surface area contributed by atoms with E-state index in [0.29, 0.717) is 19.6 Å². The number of H-pyrrole nitrogens is 2. The molecule has 0 radical (unpaired) electrons. The van der Waals surface area contributed by atoms with E-state index in [0.717, 1.165) is 5.56 Å². The average Bonchev–Trinajstić information content (AvgIpc) is 2.97. The number of carbonyl (C=O) groups excluding carboxylic acids is 2. The van der Waals surface area contributed by atoms with Crippen LogP contribution in [0.2, 0.25) is 0 Å². The van der Waals surface area contributed by atoms with Gasteiger partial charge in [0, 0.05) is 26.1 Å². The number of halogens is 1. The van der Waals surface area contributed by atoms with Crippen molar-refractivity contribution in [1.82, 2.24) is 25.0 Å². The van der Waals surface area contributed by atoms with Gasteiger partial charge >= 0.3 is 5.69 Å². The molecule has 1 aliphatic rings. The number of aromatic amines is 2. The van der Waals surface area contributed by atoms with Crippen LogP contribution in [-0.4, -0.2) is 55.9 Å². The van der Waals surface area contributed by atoms with Gasteiger partial charge in [-0.15, -0.1) is 0 Å². The van der Waals surface area contributed by atoms with E-state index in [9.17, 15) is 18.8 Å². The Labute approximate surface area is 161 Å². The molecule has 2 heterocycles. The highest BCUT2D eigenvalue weighted by atomic mass is 19.1. The quantitative estimate of drug-likeness (QED) is 0.798. The van der Waals surface area contributed by atoms with Gasteiger partial charge in [-0.05, 0) is 23.6 Å². The Bertz CT molecular complexity index is 889. The van der Waals surface area contributed by atoms with E-state index in [1.54, 1.807) is 21.9 Å². The molecule has 150 valence electrons. The number of rotatable bonds is 5. The first kappa shape index (κ1) is 19.8. The molecule has 1 aromatic carbocycles. The van der Waals surface area contributed by atoms with Gasteiger partial charge < -0.3 is 9.80 Å². The van der Waals surface area contributed by atoms with Crippen molar-refractivity contribution in [2.45, 2.75) is 39.3 Å². The lowest BCUT2D eigenvalue weighted by Gasteiger charge is -2.34. The Morgan fingerprint density at radius 2 is 2.00 bits per heavy atom. The predicted octanol–water partition coefficient (Wildman–Crippen LogP) is 1.07. The van der Waals surface area contributed by atoms with Crippen molar-refractivity contribution in [3.63, 3.8) is 0 Å². The Kier molecular flexibility index (Phi) is 5.91. The smallest absolute Gasteiger partial charge is 0.340 e. The van der Waals surface area contributed by atoms with Gasteiger partial charge in [0.15, 0.2) is 0 Å². The first-order valence-corrected chi connectivity index (χ1v) is 9.28. The van der Waals surface area contributed by atoms with Crippen LogP contribution in [0.1, 0.15) is 31.7 Å². The Morgan fingerprint density at radius 1 is 1.29 bits per heavy atom. The highest BCUT2D eigenvalue weighted by molar-refractivity contribution is 5.81. The summed E-state index contributed by atoms with van der Waals surface area (Å²) >= 11 is 0. The molecule has 0 spiro atoms. The molecular weight excluding hydrogens is 365 g/mol. The van der Waals surface area contributed by atoms with Crippen LogP contribution in [0.5, 0.6) is 0 Å². The second-order valence-electron chi connectivity index (χ2n) is 7.35. The molecule has 0 aliphatic carbocycles. The molecule has 8 nitrogen and oxygen atoms in total. The third kappa shape index (κ3) is 4.65. The number of nitrogens with zero attached hydrogens (tertiary/aromatic N) is 3. The van der Waals surface area contributed by atoms with Gasteiger partial charge in [-0.25, -0.2) is 14.3 Å².